The van der Waals surface area contributed by atoms with Gasteiger partial charge >= 0.3 is 19.8 Å². The number of nitrogens with two attached hydrogens (primary N) is 1. The van der Waals surface area contributed by atoms with Gasteiger partial charge < -0.3 is 20.1 Å². The van der Waals surface area contributed by atoms with Gasteiger partial charge in [-0.3, -0.25) is 18.6 Å². The topological polar surface area (TPSA) is 134 Å². The lowest BCUT2D eigenvalue weighted by atomic mass is 10.0. The van der Waals surface area contributed by atoms with Crippen molar-refractivity contribution in [2.24, 2.45) is 5.73 Å². The highest BCUT2D eigenvalue weighted by Gasteiger charge is 2.26. The highest BCUT2D eigenvalue weighted by Crippen LogP contribution is 2.43. The fraction of sp³-hybridized carbons (Fsp3) is 0.697. The first kappa shape index (κ1) is 72.7. The summed E-state index contributed by atoms with van der Waals surface area (Å²) in [7, 11) is -4.40. The minimum absolute atomic E-state index is 0.0477. The van der Waals surface area contributed by atoms with Crippen LogP contribution in [-0.4, -0.2) is 49.3 Å². The lowest BCUT2D eigenvalue weighted by Gasteiger charge is -2.19. The standard InChI is InChI=1S/C66H114NO8P/c1-3-5-7-9-11-13-15-17-19-21-23-25-26-27-28-29-30-31-32-33-34-35-36-37-38-39-41-43-45-47-49-51-53-55-57-59-66(69)75-64(63-74-76(70,71)73-61-60-67)62-72-65(68)58-56-54-52-50-48-46-44-42-40-24-22-20-18-16-14-12-10-8-6-4-2/h5,7,11,13,17,19,23,25,27-28,30-31,33-34,36-37,39,41,64H,3-4,6,8-10,12,14-16,18,20-22,24,26,29,32,35,38,40,42-63,67H2,1-2H3,(H,70,71)/b7-5-,13-11-,19-17-,25-23-,28-27-,31-30-,34-33-,37-36-,41-39-. The van der Waals surface area contributed by atoms with E-state index in [1.54, 1.807) is 0 Å². The molecule has 0 saturated heterocycles. The Kier molecular flexibility index (Phi) is 58.2. The van der Waals surface area contributed by atoms with E-state index in [0.717, 1.165) is 103 Å². The predicted octanol–water partition coefficient (Wildman–Crippen LogP) is 19.8. The third kappa shape index (κ3) is 59.9. The van der Waals surface area contributed by atoms with Crippen LogP contribution in [0.2, 0.25) is 0 Å². The zero-order valence-electron chi connectivity index (χ0n) is 48.7. The zero-order valence-corrected chi connectivity index (χ0v) is 49.6. The number of carbonyl (C=O) groups is 2. The van der Waals surface area contributed by atoms with E-state index in [1.165, 1.54) is 128 Å². The molecule has 0 bridgehead atoms. The normalized spacial score (nSPS) is 13.8. The fourth-order valence-electron chi connectivity index (χ4n) is 8.39. The number of phosphoric acid groups is 1. The van der Waals surface area contributed by atoms with E-state index in [2.05, 4.69) is 123 Å². The third-order valence-electron chi connectivity index (χ3n) is 12.9. The van der Waals surface area contributed by atoms with Gasteiger partial charge in [-0.25, -0.2) is 4.57 Å². The average molecular weight is 1080 g/mol. The summed E-state index contributed by atoms with van der Waals surface area (Å²) >= 11 is 0. The molecule has 3 N–H and O–H groups in total. The van der Waals surface area contributed by atoms with Crippen molar-refractivity contribution in [2.45, 2.75) is 270 Å². The van der Waals surface area contributed by atoms with Crippen LogP contribution in [0.25, 0.3) is 0 Å². The first-order chi connectivity index (χ1) is 37.3. The van der Waals surface area contributed by atoms with E-state index in [4.69, 9.17) is 24.3 Å². The Labute approximate surface area is 467 Å². The zero-order chi connectivity index (χ0) is 55.2. The Morgan fingerprint density at radius 1 is 0.408 bits per heavy atom. The molecule has 2 unspecified atom stereocenters. The molecule has 436 valence electrons. The minimum atomic E-state index is -4.40. The molecule has 0 rings (SSSR count). The molecule has 0 aromatic carbocycles. The van der Waals surface area contributed by atoms with Crippen LogP contribution in [0, 0.1) is 0 Å². The van der Waals surface area contributed by atoms with Gasteiger partial charge in [0.05, 0.1) is 13.2 Å². The van der Waals surface area contributed by atoms with E-state index in [1.807, 2.05) is 0 Å². The van der Waals surface area contributed by atoms with Gasteiger partial charge in [0.1, 0.15) is 6.61 Å². The molecule has 10 heteroatoms. The SMILES string of the molecule is CC/C=C\C/C=C\C/C=C\C/C=C\C/C=C\C/C=C\C/C=C\C/C=C\C/C=C\CCCCCCCCCC(=O)OC(COC(=O)CCCCCCCCCCCCCCCCCCCCCC)COP(=O)(O)OCCN. The second-order valence-electron chi connectivity index (χ2n) is 20.2. The van der Waals surface area contributed by atoms with Crippen molar-refractivity contribution in [1.29, 1.82) is 0 Å². The van der Waals surface area contributed by atoms with Crippen molar-refractivity contribution in [3.05, 3.63) is 109 Å². The molecule has 0 aliphatic rings. The van der Waals surface area contributed by atoms with Crippen LogP contribution in [0.15, 0.2) is 109 Å². The molecule has 0 saturated carbocycles. The van der Waals surface area contributed by atoms with E-state index < -0.39 is 26.5 Å². The van der Waals surface area contributed by atoms with E-state index >= 15 is 0 Å². The fourth-order valence-corrected chi connectivity index (χ4v) is 9.16. The predicted molar refractivity (Wildman–Crippen MR) is 325 cm³/mol. The van der Waals surface area contributed by atoms with Crippen molar-refractivity contribution in [3.8, 4) is 0 Å². The summed E-state index contributed by atoms with van der Waals surface area (Å²) in [4.78, 5) is 35.2. The van der Waals surface area contributed by atoms with Gasteiger partial charge in [0.25, 0.3) is 0 Å². The number of allylic oxidation sites excluding steroid dienone is 18. The number of esters is 2. The lowest BCUT2D eigenvalue weighted by Crippen LogP contribution is -2.29. The molecule has 9 nitrogen and oxygen atoms in total. The Hall–Kier alpha value is -3.33. The quantitative estimate of drug-likeness (QED) is 0.0264. The maximum absolute atomic E-state index is 12.7. The Balaban J connectivity index is 4.01. The lowest BCUT2D eigenvalue weighted by molar-refractivity contribution is -0.161. The molecule has 0 aliphatic carbocycles. The summed E-state index contributed by atoms with van der Waals surface area (Å²) < 4.78 is 33.1. The molecule has 76 heavy (non-hydrogen) atoms. The summed E-state index contributed by atoms with van der Waals surface area (Å²) in [6.07, 6.45) is 82.9. The van der Waals surface area contributed by atoms with Crippen LogP contribution in [0.5, 0.6) is 0 Å². The van der Waals surface area contributed by atoms with Crippen LogP contribution < -0.4 is 5.73 Å². The molecule has 0 fully saturated rings. The van der Waals surface area contributed by atoms with Crippen LogP contribution in [0.1, 0.15) is 264 Å². The van der Waals surface area contributed by atoms with Crippen LogP contribution >= 0.6 is 7.82 Å². The van der Waals surface area contributed by atoms with Crippen molar-refractivity contribution >= 4 is 19.8 Å². The molecule has 0 aromatic heterocycles. The summed E-state index contributed by atoms with van der Waals surface area (Å²) in [6.45, 7) is 3.64. The first-order valence-electron chi connectivity index (χ1n) is 30.9. The van der Waals surface area contributed by atoms with Crippen molar-refractivity contribution in [2.75, 3.05) is 26.4 Å². The molecule has 0 spiro atoms. The Morgan fingerprint density at radius 2 is 0.724 bits per heavy atom. The number of unbranched alkanes of at least 4 members (excludes halogenated alkanes) is 26. The summed E-state index contributed by atoms with van der Waals surface area (Å²) in [5.41, 5.74) is 5.39. The molecular formula is C66H114NO8P. The molecule has 0 aliphatic heterocycles. The van der Waals surface area contributed by atoms with Gasteiger partial charge in [0, 0.05) is 19.4 Å². The van der Waals surface area contributed by atoms with Gasteiger partial charge in [0.15, 0.2) is 6.10 Å². The highest BCUT2D eigenvalue weighted by atomic mass is 31.2. The van der Waals surface area contributed by atoms with E-state index in [0.29, 0.717) is 6.42 Å². The summed E-state index contributed by atoms with van der Waals surface area (Å²) in [6, 6.07) is 0. The number of rotatable bonds is 57. The van der Waals surface area contributed by atoms with Crippen LogP contribution in [-0.2, 0) is 32.7 Å². The van der Waals surface area contributed by atoms with Crippen molar-refractivity contribution in [1.82, 2.24) is 0 Å². The molecule has 0 aromatic rings. The average Bonchev–Trinajstić information content (AvgIpc) is 3.41. The maximum atomic E-state index is 12.7. The molecule has 2 atom stereocenters. The molecular weight excluding hydrogens is 966 g/mol. The van der Waals surface area contributed by atoms with Crippen LogP contribution in [0.3, 0.4) is 0 Å². The number of hydrogen-bond donors (Lipinski definition) is 2. The number of phosphoric ester groups is 1. The second kappa shape index (κ2) is 60.9. The van der Waals surface area contributed by atoms with E-state index in [-0.39, 0.29) is 38.6 Å². The van der Waals surface area contributed by atoms with Gasteiger partial charge in [-0.15, -0.1) is 0 Å². The van der Waals surface area contributed by atoms with E-state index in [9.17, 15) is 19.0 Å². The molecule has 0 amide bonds. The van der Waals surface area contributed by atoms with Crippen LogP contribution in [0.4, 0.5) is 0 Å². The van der Waals surface area contributed by atoms with Gasteiger partial charge in [-0.1, -0.05) is 277 Å². The molecule has 0 radical (unpaired) electrons. The monoisotopic (exact) mass is 1080 g/mol. The van der Waals surface area contributed by atoms with Crippen molar-refractivity contribution in [3.63, 3.8) is 0 Å². The Morgan fingerprint density at radius 3 is 1.08 bits per heavy atom. The first-order valence-corrected chi connectivity index (χ1v) is 32.4. The van der Waals surface area contributed by atoms with Gasteiger partial charge in [0.2, 0.25) is 0 Å². The van der Waals surface area contributed by atoms with Crippen molar-refractivity contribution < 1.29 is 37.6 Å². The summed E-state index contributed by atoms with van der Waals surface area (Å²) in [5, 5.41) is 0. The highest BCUT2D eigenvalue weighted by molar-refractivity contribution is 7.47. The number of carbonyl (C=O) groups excluding carboxylic acids is 2. The molecule has 0 heterocycles. The smallest absolute Gasteiger partial charge is 0.462 e. The Bertz CT molecular complexity index is 1610. The number of hydrogen-bond acceptors (Lipinski definition) is 8. The largest absolute Gasteiger partial charge is 0.472 e. The van der Waals surface area contributed by atoms with Gasteiger partial charge in [-0.05, 0) is 83.5 Å². The number of ether oxygens (including phenoxy) is 2. The summed E-state index contributed by atoms with van der Waals surface area (Å²) in [5.74, 6) is -0.837. The minimum Gasteiger partial charge on any atom is -0.462 e. The maximum Gasteiger partial charge on any atom is 0.472 e. The third-order valence-corrected chi connectivity index (χ3v) is 13.9. The second-order valence-corrected chi connectivity index (χ2v) is 21.7. The van der Waals surface area contributed by atoms with Gasteiger partial charge in [-0.2, -0.15) is 0 Å².